The smallest absolute Gasteiger partial charge is 1.00 e. The maximum Gasteiger partial charge on any atom is 2.00 e. The predicted molar refractivity (Wildman–Crippen MR) is 25.3 cm³/mol. The molecule has 0 saturated carbocycles. The molecule has 1 fully saturated rings. The van der Waals surface area contributed by atoms with Crippen LogP contribution in [0, 0.1) is 0 Å². The van der Waals surface area contributed by atoms with Gasteiger partial charge in [-0.1, -0.05) is 0 Å². The van der Waals surface area contributed by atoms with Gasteiger partial charge in [0.25, 0.3) is 0 Å². The van der Waals surface area contributed by atoms with Gasteiger partial charge in [-0.05, 0) is 0 Å². The molecule has 1 saturated heterocycles. The van der Waals surface area contributed by atoms with Gasteiger partial charge in [-0.15, -0.1) is 9.78 Å². The Hall–Kier alpha value is 2.36. The van der Waals surface area contributed by atoms with Crippen molar-refractivity contribution >= 4 is 75.5 Å². The molecule has 1 aliphatic heterocycles. The summed E-state index contributed by atoms with van der Waals surface area (Å²) in [5, 5.41) is 15.5. The van der Waals surface area contributed by atoms with E-state index in [-0.39, 0.29) is 81.2 Å². The molecule has 0 radical (unpaired) electrons. The zero-order valence-electron chi connectivity index (χ0n) is 7.63. The molecule has 7 heavy (non-hydrogen) atoms. The number of hydrogen-bond acceptors (Lipinski definition) is 4. The van der Waals surface area contributed by atoms with Crippen molar-refractivity contribution in [1.82, 2.24) is 0 Å². The minimum Gasteiger partial charge on any atom is -1.00 e. The normalized spacial score (nSPS) is 21.4. The van der Waals surface area contributed by atoms with Crippen LogP contribution in [0.4, 0.5) is 0 Å². The summed E-state index contributed by atoms with van der Waals surface area (Å²) >= 11 is 0. The van der Waals surface area contributed by atoms with E-state index in [1.54, 1.807) is 0 Å². The summed E-state index contributed by atoms with van der Waals surface area (Å²) in [4.78, 5) is 7.01. The van der Waals surface area contributed by atoms with Crippen LogP contribution in [0.25, 0.3) is 0 Å². The van der Waals surface area contributed by atoms with Gasteiger partial charge in [0.05, 0.1) is 0 Å². The molecule has 0 atom stereocenters. The average molecular weight is 162 g/mol. The fourth-order valence-electron chi connectivity index (χ4n) is 0.0373. The van der Waals surface area contributed by atoms with Crippen molar-refractivity contribution in [2.45, 2.75) is 6.16 Å². The molecule has 0 aromatic rings. The molecule has 4 nitrogen and oxygen atoms in total. The van der Waals surface area contributed by atoms with Crippen LogP contribution in [0.15, 0.2) is 0 Å². The van der Waals surface area contributed by atoms with Crippen molar-refractivity contribution in [2.75, 3.05) is 0 Å². The molecule has 1 heterocycles. The summed E-state index contributed by atoms with van der Waals surface area (Å²) in [6, 6.07) is 0. The van der Waals surface area contributed by atoms with Gasteiger partial charge in [0.1, 0.15) is 0 Å². The Balaban J connectivity index is -0.0000000104. The molecule has 2 N–H and O–H groups in total. The van der Waals surface area contributed by atoms with Gasteiger partial charge in [0.2, 0.25) is 0 Å². The molecule has 0 aromatic heterocycles. The molecule has 0 spiro atoms. The second-order valence-electron chi connectivity index (χ2n) is 0.715. The Labute approximate surface area is 106 Å². The Morgan fingerprint density at radius 1 is 1.14 bits per heavy atom. The topological polar surface area (TPSA) is 65.5 Å². The first kappa shape index (κ1) is 12.1. The molecule has 1 aliphatic rings. The Bertz CT molecular complexity index is 58.1. The summed E-state index contributed by atoms with van der Waals surface area (Å²) in [7, 11) is 0. The third kappa shape index (κ3) is 6.24. The molecular weight excluding hydrogens is 156 g/mol. The van der Waals surface area contributed by atoms with Crippen molar-refractivity contribution < 1.29 is 25.7 Å². The Kier molecular flexibility index (Phi) is 7.28. The van der Waals surface area contributed by atoms with Crippen molar-refractivity contribution in [1.29, 1.82) is 0 Å². The van der Waals surface area contributed by atoms with Crippen LogP contribution in [0.2, 0.25) is 0 Å². The summed E-state index contributed by atoms with van der Waals surface area (Å²) in [5.41, 5.74) is 0. The van der Waals surface area contributed by atoms with Gasteiger partial charge in [-0.2, -0.15) is 0 Å². The standard InChI is InChI=1S/CH2O4.2Ca.4H/c2-1(3)4-5-1;;;;;;/h2-3H;;;;;;/q;2*+2;4*-1. The van der Waals surface area contributed by atoms with Crippen LogP contribution in [-0.2, 0) is 9.78 Å². The van der Waals surface area contributed by atoms with E-state index in [2.05, 4.69) is 9.78 Å². The van der Waals surface area contributed by atoms with Crippen LogP contribution in [0.5, 0.6) is 0 Å². The fourth-order valence-corrected chi connectivity index (χ4v) is 0.0373. The molecule has 6 heteroatoms. The van der Waals surface area contributed by atoms with E-state index in [0.717, 1.165) is 0 Å². The third-order valence-electron chi connectivity index (χ3n) is 0.232. The molecule has 0 unspecified atom stereocenters. The van der Waals surface area contributed by atoms with E-state index < -0.39 is 6.16 Å². The minimum absolute atomic E-state index is 0. The Morgan fingerprint density at radius 2 is 1.29 bits per heavy atom. The van der Waals surface area contributed by atoms with Crippen molar-refractivity contribution in [3.8, 4) is 0 Å². The van der Waals surface area contributed by atoms with Gasteiger partial charge in [-0.3, -0.25) is 0 Å². The van der Waals surface area contributed by atoms with Crippen molar-refractivity contribution in [3.05, 3.63) is 0 Å². The first-order valence-electron chi connectivity index (χ1n) is 1.02. The first-order chi connectivity index (χ1) is 2.21. The maximum atomic E-state index is 7.74. The van der Waals surface area contributed by atoms with Gasteiger partial charge < -0.3 is 15.9 Å². The van der Waals surface area contributed by atoms with Gasteiger partial charge >= 0.3 is 81.6 Å². The quantitative estimate of drug-likeness (QED) is 0.191. The Morgan fingerprint density at radius 3 is 1.29 bits per heavy atom. The summed E-state index contributed by atoms with van der Waals surface area (Å²) in [6.07, 6.45) is -2.25. The van der Waals surface area contributed by atoms with Gasteiger partial charge in [0, 0.05) is 0 Å². The van der Waals surface area contributed by atoms with E-state index in [1.807, 2.05) is 0 Å². The fraction of sp³-hybridized carbons (Fsp3) is 1.00. The third-order valence-corrected chi connectivity index (χ3v) is 0.232. The maximum absolute atomic E-state index is 7.74. The van der Waals surface area contributed by atoms with E-state index in [0.29, 0.717) is 0 Å². The molecule has 0 amide bonds. The average Bonchev–Trinajstić information content (AvgIpc) is 1.76. The second kappa shape index (κ2) is 4.22. The van der Waals surface area contributed by atoms with E-state index in [4.69, 9.17) is 10.2 Å². The van der Waals surface area contributed by atoms with Gasteiger partial charge in [-0.25, -0.2) is 0 Å². The van der Waals surface area contributed by atoms with E-state index >= 15 is 0 Å². The van der Waals surface area contributed by atoms with Crippen LogP contribution < -0.4 is 0 Å². The van der Waals surface area contributed by atoms with Crippen LogP contribution in [0.3, 0.4) is 0 Å². The molecule has 0 bridgehead atoms. The minimum atomic E-state index is -2.25. The van der Waals surface area contributed by atoms with Crippen LogP contribution in [-0.4, -0.2) is 91.8 Å². The van der Waals surface area contributed by atoms with Crippen molar-refractivity contribution in [2.24, 2.45) is 0 Å². The molecule has 38 valence electrons. The van der Waals surface area contributed by atoms with Crippen molar-refractivity contribution in [3.63, 3.8) is 0 Å². The summed E-state index contributed by atoms with van der Waals surface area (Å²) in [6.45, 7) is 0. The second-order valence-corrected chi connectivity index (χ2v) is 0.715. The predicted octanol–water partition coefficient (Wildman–Crippen LogP) is -1.77. The van der Waals surface area contributed by atoms with Crippen LogP contribution >= 0.6 is 0 Å². The largest absolute Gasteiger partial charge is 2.00 e. The summed E-state index contributed by atoms with van der Waals surface area (Å²) < 4.78 is 0. The first-order valence-corrected chi connectivity index (χ1v) is 1.02. The van der Waals surface area contributed by atoms with Crippen LogP contribution in [0.1, 0.15) is 5.71 Å². The SMILES string of the molecule is OC1(O)OO1.[Ca+2].[Ca+2].[H-].[H-].[H-].[H-]. The van der Waals surface area contributed by atoms with E-state index in [9.17, 15) is 0 Å². The molecule has 0 aromatic carbocycles. The number of rotatable bonds is 0. The number of hydrogen-bond donors (Lipinski definition) is 2. The monoisotopic (exact) mass is 162 g/mol. The number of aliphatic hydroxyl groups is 2. The zero-order chi connectivity index (χ0) is 3.91. The van der Waals surface area contributed by atoms with Gasteiger partial charge in [0.15, 0.2) is 0 Å². The zero-order valence-corrected chi connectivity index (χ0v) is 8.04. The summed E-state index contributed by atoms with van der Waals surface area (Å²) in [5.74, 6) is 0. The molecular formula is CH6Ca2O4. The molecule has 1 rings (SSSR count). The van der Waals surface area contributed by atoms with E-state index in [1.165, 1.54) is 0 Å². The molecule has 0 aliphatic carbocycles.